The molecular formula is C17H27FN2O. The summed E-state index contributed by atoms with van der Waals surface area (Å²) in [4.78, 5) is 2.26. The lowest BCUT2D eigenvalue weighted by molar-refractivity contribution is -0.00290. The molecule has 0 spiro atoms. The molecule has 1 saturated heterocycles. The predicted octanol–water partition coefficient (Wildman–Crippen LogP) is 3.06. The molecule has 1 atom stereocenters. The van der Waals surface area contributed by atoms with Gasteiger partial charge in [0, 0.05) is 37.3 Å². The van der Waals surface area contributed by atoms with Gasteiger partial charge in [0.1, 0.15) is 5.82 Å². The Morgan fingerprint density at radius 3 is 2.86 bits per heavy atom. The SMILES string of the molecule is CCNCC1(CN(CC)c2cccc(F)c2)CCCOC1. The summed E-state index contributed by atoms with van der Waals surface area (Å²) in [6.07, 6.45) is 2.26. The van der Waals surface area contributed by atoms with Crippen molar-refractivity contribution in [2.24, 2.45) is 5.41 Å². The van der Waals surface area contributed by atoms with Crippen LogP contribution in [0.3, 0.4) is 0 Å². The summed E-state index contributed by atoms with van der Waals surface area (Å²) in [7, 11) is 0. The van der Waals surface area contributed by atoms with Gasteiger partial charge in [0.2, 0.25) is 0 Å². The first-order valence-electron chi connectivity index (χ1n) is 7.98. The van der Waals surface area contributed by atoms with Crippen molar-refractivity contribution in [2.45, 2.75) is 26.7 Å². The number of halogens is 1. The normalized spacial score (nSPS) is 22.2. The number of anilines is 1. The van der Waals surface area contributed by atoms with Crippen molar-refractivity contribution >= 4 is 5.69 Å². The average molecular weight is 294 g/mol. The van der Waals surface area contributed by atoms with Crippen LogP contribution in [0.5, 0.6) is 0 Å². The van der Waals surface area contributed by atoms with Crippen molar-refractivity contribution in [2.75, 3.05) is 44.3 Å². The molecule has 118 valence electrons. The summed E-state index contributed by atoms with van der Waals surface area (Å²) in [6.45, 7) is 9.59. The van der Waals surface area contributed by atoms with Crippen LogP contribution < -0.4 is 10.2 Å². The Balaban J connectivity index is 2.12. The quantitative estimate of drug-likeness (QED) is 0.836. The molecule has 1 aliphatic rings. The Morgan fingerprint density at radius 2 is 2.24 bits per heavy atom. The minimum atomic E-state index is -0.174. The fourth-order valence-corrected chi connectivity index (χ4v) is 3.08. The molecule has 1 heterocycles. The third-order valence-electron chi connectivity index (χ3n) is 4.24. The van der Waals surface area contributed by atoms with Crippen molar-refractivity contribution in [1.29, 1.82) is 0 Å². The number of hydrogen-bond acceptors (Lipinski definition) is 3. The van der Waals surface area contributed by atoms with E-state index in [-0.39, 0.29) is 11.2 Å². The molecule has 0 radical (unpaired) electrons. The average Bonchev–Trinajstić information content (AvgIpc) is 2.52. The van der Waals surface area contributed by atoms with Crippen LogP contribution in [0.15, 0.2) is 24.3 Å². The van der Waals surface area contributed by atoms with Gasteiger partial charge in [-0.1, -0.05) is 13.0 Å². The Labute approximate surface area is 127 Å². The van der Waals surface area contributed by atoms with Gasteiger partial charge in [0.25, 0.3) is 0 Å². The highest BCUT2D eigenvalue weighted by atomic mass is 19.1. The van der Waals surface area contributed by atoms with E-state index in [1.54, 1.807) is 12.1 Å². The van der Waals surface area contributed by atoms with Crippen LogP contribution in [0.1, 0.15) is 26.7 Å². The number of hydrogen-bond donors (Lipinski definition) is 1. The second kappa shape index (κ2) is 7.76. The molecule has 1 aliphatic heterocycles. The minimum absolute atomic E-state index is 0.122. The lowest BCUT2D eigenvalue weighted by atomic mass is 9.81. The third-order valence-corrected chi connectivity index (χ3v) is 4.24. The van der Waals surface area contributed by atoms with Crippen LogP contribution >= 0.6 is 0 Å². The molecule has 0 aliphatic carbocycles. The van der Waals surface area contributed by atoms with Crippen LogP contribution in [0, 0.1) is 11.2 Å². The Morgan fingerprint density at radius 1 is 1.38 bits per heavy atom. The molecule has 3 nitrogen and oxygen atoms in total. The molecule has 1 N–H and O–H groups in total. The zero-order valence-corrected chi connectivity index (χ0v) is 13.2. The van der Waals surface area contributed by atoms with Gasteiger partial charge >= 0.3 is 0 Å². The van der Waals surface area contributed by atoms with Crippen LogP contribution in [0.25, 0.3) is 0 Å². The molecule has 21 heavy (non-hydrogen) atoms. The van der Waals surface area contributed by atoms with Crippen molar-refractivity contribution in [3.05, 3.63) is 30.1 Å². The summed E-state index contributed by atoms with van der Waals surface area (Å²) in [6, 6.07) is 6.88. The predicted molar refractivity (Wildman–Crippen MR) is 85.3 cm³/mol. The summed E-state index contributed by atoms with van der Waals surface area (Å²) < 4.78 is 19.2. The molecule has 4 heteroatoms. The molecule has 2 rings (SSSR count). The van der Waals surface area contributed by atoms with E-state index in [0.29, 0.717) is 0 Å². The first-order valence-corrected chi connectivity index (χ1v) is 7.98. The maximum atomic E-state index is 13.5. The topological polar surface area (TPSA) is 24.5 Å². The highest BCUT2D eigenvalue weighted by molar-refractivity contribution is 5.46. The number of rotatable bonds is 7. The number of benzene rings is 1. The number of nitrogens with zero attached hydrogens (tertiary/aromatic N) is 1. The van der Waals surface area contributed by atoms with Gasteiger partial charge in [-0.15, -0.1) is 0 Å². The molecule has 1 fully saturated rings. The van der Waals surface area contributed by atoms with Crippen molar-refractivity contribution in [3.8, 4) is 0 Å². The highest BCUT2D eigenvalue weighted by Crippen LogP contribution is 2.31. The Hall–Kier alpha value is -1.13. The van der Waals surface area contributed by atoms with Gasteiger partial charge in [-0.2, -0.15) is 0 Å². The van der Waals surface area contributed by atoms with E-state index < -0.39 is 0 Å². The van der Waals surface area contributed by atoms with Gasteiger partial charge in [0.05, 0.1) is 6.61 Å². The molecule has 0 bridgehead atoms. The van der Waals surface area contributed by atoms with Gasteiger partial charge in [-0.3, -0.25) is 0 Å². The molecular weight excluding hydrogens is 267 g/mol. The van der Waals surface area contributed by atoms with E-state index in [4.69, 9.17) is 4.74 Å². The van der Waals surface area contributed by atoms with Gasteiger partial charge < -0.3 is 15.0 Å². The lowest BCUT2D eigenvalue weighted by Gasteiger charge is -2.41. The van der Waals surface area contributed by atoms with E-state index in [0.717, 1.165) is 57.9 Å². The first kappa shape index (κ1) is 16.2. The van der Waals surface area contributed by atoms with E-state index >= 15 is 0 Å². The summed E-state index contributed by atoms with van der Waals surface area (Å²) in [5.74, 6) is -0.174. The minimum Gasteiger partial charge on any atom is -0.381 e. The van der Waals surface area contributed by atoms with E-state index in [9.17, 15) is 4.39 Å². The standard InChI is InChI=1S/C17H27FN2O/c1-3-19-12-17(9-6-10-21-14-17)13-20(4-2)16-8-5-7-15(18)11-16/h5,7-8,11,19H,3-4,6,9-10,12-14H2,1-2H3. The lowest BCUT2D eigenvalue weighted by Crippen LogP contribution is -2.49. The maximum absolute atomic E-state index is 13.5. The van der Waals surface area contributed by atoms with Crippen LogP contribution in [-0.4, -0.2) is 39.4 Å². The van der Waals surface area contributed by atoms with E-state index in [2.05, 4.69) is 24.1 Å². The summed E-state index contributed by atoms with van der Waals surface area (Å²) in [5, 5.41) is 3.47. The molecule has 0 amide bonds. The summed E-state index contributed by atoms with van der Waals surface area (Å²) >= 11 is 0. The van der Waals surface area contributed by atoms with Crippen LogP contribution in [-0.2, 0) is 4.74 Å². The fourth-order valence-electron chi connectivity index (χ4n) is 3.08. The molecule has 1 aromatic rings. The van der Waals surface area contributed by atoms with Gasteiger partial charge in [0.15, 0.2) is 0 Å². The van der Waals surface area contributed by atoms with Crippen LogP contribution in [0.2, 0.25) is 0 Å². The van der Waals surface area contributed by atoms with Crippen LogP contribution in [0.4, 0.5) is 10.1 Å². The molecule has 1 aromatic carbocycles. The molecule has 0 saturated carbocycles. The maximum Gasteiger partial charge on any atom is 0.125 e. The number of ether oxygens (including phenoxy) is 1. The third kappa shape index (κ3) is 4.42. The Bertz CT molecular complexity index is 433. The fraction of sp³-hybridized carbons (Fsp3) is 0.647. The molecule has 0 aromatic heterocycles. The van der Waals surface area contributed by atoms with Gasteiger partial charge in [-0.25, -0.2) is 4.39 Å². The van der Waals surface area contributed by atoms with Crippen molar-refractivity contribution in [3.63, 3.8) is 0 Å². The zero-order valence-electron chi connectivity index (χ0n) is 13.2. The number of nitrogens with one attached hydrogen (secondary N) is 1. The van der Waals surface area contributed by atoms with E-state index in [1.165, 1.54) is 6.07 Å². The zero-order chi connectivity index (χ0) is 15.1. The first-order chi connectivity index (χ1) is 10.2. The molecule has 1 unspecified atom stereocenters. The largest absolute Gasteiger partial charge is 0.381 e. The van der Waals surface area contributed by atoms with Crippen molar-refractivity contribution in [1.82, 2.24) is 5.32 Å². The van der Waals surface area contributed by atoms with Gasteiger partial charge in [-0.05, 0) is 44.5 Å². The highest BCUT2D eigenvalue weighted by Gasteiger charge is 2.34. The summed E-state index contributed by atoms with van der Waals surface area (Å²) in [5.41, 5.74) is 1.08. The Kier molecular flexibility index (Phi) is 6.00. The smallest absolute Gasteiger partial charge is 0.125 e. The monoisotopic (exact) mass is 294 g/mol. The van der Waals surface area contributed by atoms with Crippen molar-refractivity contribution < 1.29 is 9.13 Å². The van der Waals surface area contributed by atoms with E-state index in [1.807, 2.05) is 6.07 Å². The second-order valence-corrected chi connectivity index (χ2v) is 5.93. The second-order valence-electron chi connectivity index (χ2n) is 5.93.